The Morgan fingerprint density at radius 2 is 2.29 bits per heavy atom. The Bertz CT molecular complexity index is 586. The summed E-state index contributed by atoms with van der Waals surface area (Å²) in [4.78, 5) is 10.5. The lowest BCUT2D eigenvalue weighted by molar-refractivity contribution is -0.384. The molecule has 0 radical (unpaired) electrons. The highest BCUT2D eigenvalue weighted by Crippen LogP contribution is 2.25. The molecule has 2 rings (SSSR count). The molecule has 0 saturated carbocycles. The van der Waals surface area contributed by atoms with Gasteiger partial charge in [-0.15, -0.1) is 10.2 Å². The van der Waals surface area contributed by atoms with Crippen LogP contribution in [-0.2, 0) is 0 Å². The van der Waals surface area contributed by atoms with Crippen molar-refractivity contribution in [3.63, 3.8) is 0 Å². The Morgan fingerprint density at radius 3 is 2.90 bits per heavy atom. The molecule has 1 aromatic heterocycles. The Balaban J connectivity index is 2.18. The van der Waals surface area contributed by atoms with E-state index in [1.807, 2.05) is 13.0 Å². The molecular formula is C13H18N6O2. The first-order valence-electron chi connectivity index (χ1n) is 6.85. The van der Waals surface area contributed by atoms with Gasteiger partial charge in [0.25, 0.3) is 5.69 Å². The van der Waals surface area contributed by atoms with E-state index in [0.717, 1.165) is 18.4 Å². The van der Waals surface area contributed by atoms with Crippen LogP contribution in [0.3, 0.4) is 0 Å². The zero-order chi connectivity index (χ0) is 15.2. The van der Waals surface area contributed by atoms with Crippen LogP contribution in [0.5, 0.6) is 0 Å². The number of nitro benzene ring substituents is 1. The van der Waals surface area contributed by atoms with Crippen molar-refractivity contribution in [2.75, 3.05) is 0 Å². The number of hydrogen-bond donors (Lipinski definition) is 2. The van der Waals surface area contributed by atoms with E-state index >= 15 is 0 Å². The minimum absolute atomic E-state index is 0.00315. The summed E-state index contributed by atoms with van der Waals surface area (Å²) < 4.78 is 0. The quantitative estimate of drug-likeness (QED) is 0.598. The van der Waals surface area contributed by atoms with Crippen molar-refractivity contribution < 1.29 is 4.92 Å². The number of nitro groups is 1. The van der Waals surface area contributed by atoms with E-state index in [2.05, 4.69) is 32.9 Å². The zero-order valence-corrected chi connectivity index (χ0v) is 12.0. The Morgan fingerprint density at radius 1 is 1.48 bits per heavy atom. The molecule has 112 valence electrons. The molecule has 2 atom stereocenters. The maximum atomic E-state index is 10.9. The number of tetrazole rings is 1. The second kappa shape index (κ2) is 6.89. The average Bonchev–Trinajstić information content (AvgIpc) is 3.01. The summed E-state index contributed by atoms with van der Waals surface area (Å²) in [5.74, 6) is 0.571. The van der Waals surface area contributed by atoms with Gasteiger partial charge >= 0.3 is 0 Å². The lowest BCUT2D eigenvalue weighted by Crippen LogP contribution is -2.25. The van der Waals surface area contributed by atoms with Crippen molar-refractivity contribution in [3.8, 4) is 0 Å². The van der Waals surface area contributed by atoms with Gasteiger partial charge in [-0.2, -0.15) is 5.21 Å². The van der Waals surface area contributed by atoms with Crippen LogP contribution in [-0.4, -0.2) is 25.5 Å². The summed E-state index contributed by atoms with van der Waals surface area (Å²) in [6, 6.07) is 6.61. The first-order chi connectivity index (χ1) is 10.1. The molecule has 2 aromatic rings. The first-order valence-corrected chi connectivity index (χ1v) is 6.85. The van der Waals surface area contributed by atoms with E-state index in [4.69, 9.17) is 0 Å². The molecule has 2 N–H and O–H groups in total. The Hall–Kier alpha value is -2.35. The van der Waals surface area contributed by atoms with Crippen LogP contribution in [0, 0.1) is 10.1 Å². The summed E-state index contributed by atoms with van der Waals surface area (Å²) in [5, 5.41) is 28.2. The molecular weight excluding hydrogens is 272 g/mol. The summed E-state index contributed by atoms with van der Waals surface area (Å²) in [6.45, 7) is 4.01. The van der Waals surface area contributed by atoms with Gasteiger partial charge in [-0.3, -0.25) is 10.1 Å². The number of benzene rings is 1. The predicted molar refractivity (Wildman–Crippen MR) is 76.5 cm³/mol. The molecule has 0 fully saturated rings. The number of aromatic nitrogens is 4. The fourth-order valence-corrected chi connectivity index (χ4v) is 2.22. The SMILES string of the molecule is CCCC(NC(C)c1nn[nH]n1)c1cccc([N+](=O)[O-])c1. The van der Waals surface area contributed by atoms with E-state index in [-0.39, 0.29) is 22.7 Å². The molecule has 0 aliphatic rings. The molecule has 0 aliphatic heterocycles. The Labute approximate surface area is 122 Å². The number of nitrogens with zero attached hydrogens (tertiary/aromatic N) is 4. The minimum atomic E-state index is -0.380. The van der Waals surface area contributed by atoms with Gasteiger partial charge in [0, 0.05) is 18.2 Å². The van der Waals surface area contributed by atoms with Crippen molar-refractivity contribution in [1.82, 2.24) is 25.9 Å². The van der Waals surface area contributed by atoms with Crippen LogP contribution in [0.15, 0.2) is 24.3 Å². The number of non-ortho nitro benzene ring substituents is 1. The summed E-state index contributed by atoms with van der Waals surface area (Å²) in [5.41, 5.74) is 0.990. The van der Waals surface area contributed by atoms with Crippen LogP contribution >= 0.6 is 0 Å². The molecule has 8 heteroatoms. The molecule has 2 unspecified atom stereocenters. The maximum absolute atomic E-state index is 10.9. The zero-order valence-electron chi connectivity index (χ0n) is 12.0. The second-order valence-corrected chi connectivity index (χ2v) is 4.85. The third-order valence-electron chi connectivity index (χ3n) is 3.26. The minimum Gasteiger partial charge on any atom is -0.300 e. The summed E-state index contributed by atoms with van der Waals surface area (Å²) in [6.07, 6.45) is 1.82. The van der Waals surface area contributed by atoms with Crippen LogP contribution in [0.4, 0.5) is 5.69 Å². The number of nitrogens with one attached hydrogen (secondary N) is 2. The van der Waals surface area contributed by atoms with Crippen LogP contribution in [0.2, 0.25) is 0 Å². The molecule has 21 heavy (non-hydrogen) atoms. The number of H-pyrrole nitrogens is 1. The topological polar surface area (TPSA) is 110 Å². The Kier molecular flexibility index (Phi) is 4.94. The van der Waals surface area contributed by atoms with Crippen molar-refractivity contribution in [2.45, 2.75) is 38.8 Å². The lowest BCUT2D eigenvalue weighted by Gasteiger charge is -2.21. The third-order valence-corrected chi connectivity index (χ3v) is 3.26. The molecule has 8 nitrogen and oxygen atoms in total. The standard InChI is InChI=1S/C13H18N6O2/c1-3-5-12(14-9(2)13-15-17-18-16-13)10-6-4-7-11(8-10)19(20)21/h4,6-9,12,14H,3,5H2,1-2H3,(H,15,16,17,18). The van der Waals surface area contributed by atoms with E-state index in [1.165, 1.54) is 6.07 Å². The average molecular weight is 290 g/mol. The number of aromatic amines is 1. The largest absolute Gasteiger partial charge is 0.300 e. The van der Waals surface area contributed by atoms with E-state index in [1.54, 1.807) is 12.1 Å². The van der Waals surface area contributed by atoms with E-state index < -0.39 is 0 Å². The van der Waals surface area contributed by atoms with Gasteiger partial charge in [-0.05, 0) is 18.9 Å². The monoisotopic (exact) mass is 290 g/mol. The van der Waals surface area contributed by atoms with Crippen molar-refractivity contribution >= 4 is 5.69 Å². The summed E-state index contributed by atoms with van der Waals surface area (Å²) in [7, 11) is 0. The van der Waals surface area contributed by atoms with Gasteiger partial charge in [0.15, 0.2) is 5.82 Å². The number of hydrogen-bond acceptors (Lipinski definition) is 6. The van der Waals surface area contributed by atoms with Gasteiger partial charge in [0.05, 0.1) is 11.0 Å². The highest BCUT2D eigenvalue weighted by molar-refractivity contribution is 5.35. The van der Waals surface area contributed by atoms with E-state index in [9.17, 15) is 10.1 Å². The molecule has 0 spiro atoms. The molecule has 0 amide bonds. The smallest absolute Gasteiger partial charge is 0.269 e. The fraction of sp³-hybridized carbons (Fsp3) is 0.462. The molecule has 1 heterocycles. The van der Waals surface area contributed by atoms with Gasteiger partial charge in [0.2, 0.25) is 0 Å². The van der Waals surface area contributed by atoms with E-state index in [0.29, 0.717) is 5.82 Å². The molecule has 0 saturated heterocycles. The van der Waals surface area contributed by atoms with Crippen LogP contribution in [0.1, 0.15) is 50.2 Å². The highest BCUT2D eigenvalue weighted by atomic mass is 16.6. The van der Waals surface area contributed by atoms with Crippen LogP contribution in [0.25, 0.3) is 0 Å². The molecule has 1 aromatic carbocycles. The van der Waals surface area contributed by atoms with Gasteiger partial charge in [-0.25, -0.2) is 0 Å². The molecule has 0 aliphatic carbocycles. The number of rotatable bonds is 7. The van der Waals surface area contributed by atoms with Crippen LogP contribution < -0.4 is 5.32 Å². The fourth-order valence-electron chi connectivity index (χ4n) is 2.22. The normalized spacial score (nSPS) is 13.8. The lowest BCUT2D eigenvalue weighted by atomic mass is 10.0. The first kappa shape index (κ1) is 15.0. The molecule has 0 bridgehead atoms. The summed E-state index contributed by atoms with van der Waals surface area (Å²) >= 11 is 0. The van der Waals surface area contributed by atoms with Crippen molar-refractivity contribution in [2.24, 2.45) is 0 Å². The highest BCUT2D eigenvalue weighted by Gasteiger charge is 2.19. The van der Waals surface area contributed by atoms with Gasteiger partial charge in [0.1, 0.15) is 0 Å². The van der Waals surface area contributed by atoms with Crippen molar-refractivity contribution in [3.05, 3.63) is 45.8 Å². The van der Waals surface area contributed by atoms with Gasteiger partial charge in [-0.1, -0.05) is 30.7 Å². The predicted octanol–water partition coefficient (Wildman–Crippen LogP) is 2.30. The van der Waals surface area contributed by atoms with Gasteiger partial charge < -0.3 is 5.32 Å². The third kappa shape index (κ3) is 3.82. The maximum Gasteiger partial charge on any atom is 0.269 e. The van der Waals surface area contributed by atoms with Crippen molar-refractivity contribution in [1.29, 1.82) is 0 Å². The second-order valence-electron chi connectivity index (χ2n) is 4.85.